The first-order valence-electron chi connectivity index (χ1n) is 5.56. The number of aromatic hydroxyl groups is 1. The maximum Gasteiger partial charge on any atom is 0.310 e. The fourth-order valence-corrected chi connectivity index (χ4v) is 2.28. The van der Waals surface area contributed by atoms with Crippen LogP contribution in [-0.2, 0) is 11.3 Å². The molecule has 0 unspecified atom stereocenters. The lowest BCUT2D eigenvalue weighted by atomic mass is 10.1. The minimum Gasteiger partial charge on any atom is -0.505 e. The summed E-state index contributed by atoms with van der Waals surface area (Å²) in [5, 5.41) is 21.5. The number of aliphatic carboxylic acids is 1. The summed E-state index contributed by atoms with van der Waals surface area (Å²) in [7, 11) is 0. The Morgan fingerprint density at radius 2 is 2.17 bits per heavy atom. The second-order valence-electron chi connectivity index (χ2n) is 4.58. The molecule has 1 aliphatic rings. The van der Waals surface area contributed by atoms with Gasteiger partial charge in [0.05, 0.1) is 5.41 Å². The zero-order valence-corrected chi connectivity index (χ0v) is 11.1. The standard InChI is InChI=1S/C12H13BrFNO3/c13-8-3-7(10(16)9(14)4-8)5-15-6-12(1-2-12)11(17)18/h3-4,15-16H,1-2,5-6H2,(H,17,18). The van der Waals surface area contributed by atoms with Gasteiger partial charge in [0.25, 0.3) is 0 Å². The quantitative estimate of drug-likeness (QED) is 0.779. The summed E-state index contributed by atoms with van der Waals surface area (Å²) in [4.78, 5) is 10.9. The topological polar surface area (TPSA) is 69.6 Å². The van der Waals surface area contributed by atoms with Crippen LogP contribution in [0, 0.1) is 11.2 Å². The van der Waals surface area contributed by atoms with Gasteiger partial charge >= 0.3 is 5.97 Å². The molecule has 3 N–H and O–H groups in total. The van der Waals surface area contributed by atoms with Gasteiger partial charge in [-0.25, -0.2) is 4.39 Å². The summed E-state index contributed by atoms with van der Waals surface area (Å²) in [5.41, 5.74) is -0.261. The number of halogens is 2. The third kappa shape index (κ3) is 2.64. The van der Waals surface area contributed by atoms with Gasteiger partial charge in [0.15, 0.2) is 11.6 Å². The molecule has 4 nitrogen and oxygen atoms in total. The normalized spacial score (nSPS) is 16.6. The summed E-state index contributed by atoms with van der Waals surface area (Å²) in [6, 6.07) is 2.78. The van der Waals surface area contributed by atoms with Gasteiger partial charge in [-0.3, -0.25) is 4.79 Å². The van der Waals surface area contributed by atoms with Crippen molar-refractivity contribution in [3.8, 4) is 5.75 Å². The van der Waals surface area contributed by atoms with Crippen LogP contribution in [0.2, 0.25) is 0 Å². The van der Waals surface area contributed by atoms with E-state index in [9.17, 15) is 14.3 Å². The highest BCUT2D eigenvalue weighted by atomic mass is 79.9. The van der Waals surface area contributed by atoms with Crippen LogP contribution in [0.5, 0.6) is 5.75 Å². The van der Waals surface area contributed by atoms with Gasteiger partial charge in [-0.1, -0.05) is 15.9 Å². The third-order valence-electron chi connectivity index (χ3n) is 3.19. The number of phenols is 1. The summed E-state index contributed by atoms with van der Waals surface area (Å²) in [6.07, 6.45) is 1.32. The molecule has 0 bridgehead atoms. The maximum absolute atomic E-state index is 13.2. The molecule has 0 saturated heterocycles. The van der Waals surface area contributed by atoms with Crippen LogP contribution >= 0.6 is 15.9 Å². The molecule has 1 aliphatic carbocycles. The molecular formula is C12H13BrFNO3. The molecule has 0 atom stereocenters. The molecule has 0 radical (unpaired) electrons. The van der Waals surface area contributed by atoms with Gasteiger partial charge in [-0.15, -0.1) is 0 Å². The Labute approximate surface area is 112 Å². The van der Waals surface area contributed by atoms with Gasteiger partial charge < -0.3 is 15.5 Å². The highest BCUT2D eigenvalue weighted by Crippen LogP contribution is 2.45. The van der Waals surface area contributed by atoms with Gasteiger partial charge in [-0.05, 0) is 25.0 Å². The molecule has 2 rings (SSSR count). The van der Waals surface area contributed by atoms with Crippen LogP contribution in [-0.4, -0.2) is 22.7 Å². The Bertz CT molecular complexity index is 488. The van der Waals surface area contributed by atoms with E-state index in [-0.39, 0.29) is 6.54 Å². The monoisotopic (exact) mass is 317 g/mol. The molecule has 18 heavy (non-hydrogen) atoms. The van der Waals surface area contributed by atoms with Crippen molar-refractivity contribution in [1.82, 2.24) is 5.32 Å². The molecule has 1 aromatic carbocycles. The number of carboxylic acids is 1. The largest absolute Gasteiger partial charge is 0.505 e. The van der Waals surface area contributed by atoms with Crippen LogP contribution in [0.15, 0.2) is 16.6 Å². The highest BCUT2D eigenvalue weighted by molar-refractivity contribution is 9.10. The van der Waals surface area contributed by atoms with Gasteiger partial charge in [0.1, 0.15) is 0 Å². The zero-order valence-electron chi connectivity index (χ0n) is 9.54. The molecular weight excluding hydrogens is 305 g/mol. The molecule has 0 heterocycles. The van der Waals surface area contributed by atoms with Crippen LogP contribution in [0.4, 0.5) is 4.39 Å². The molecule has 0 aliphatic heterocycles. The number of benzene rings is 1. The maximum atomic E-state index is 13.2. The third-order valence-corrected chi connectivity index (χ3v) is 3.65. The van der Waals surface area contributed by atoms with Crippen molar-refractivity contribution in [2.45, 2.75) is 19.4 Å². The van der Waals surface area contributed by atoms with Crippen molar-refractivity contribution < 1.29 is 19.4 Å². The summed E-state index contributed by atoms with van der Waals surface area (Å²) in [5.74, 6) is -1.90. The van der Waals surface area contributed by atoms with Crippen molar-refractivity contribution >= 4 is 21.9 Å². The number of hydrogen-bond donors (Lipinski definition) is 3. The number of nitrogens with one attached hydrogen (secondary N) is 1. The lowest BCUT2D eigenvalue weighted by molar-refractivity contribution is -0.143. The lowest BCUT2D eigenvalue weighted by Gasteiger charge is -2.12. The van der Waals surface area contributed by atoms with Crippen molar-refractivity contribution in [3.63, 3.8) is 0 Å². The van der Waals surface area contributed by atoms with Crippen molar-refractivity contribution in [3.05, 3.63) is 28.0 Å². The van der Waals surface area contributed by atoms with E-state index in [2.05, 4.69) is 21.2 Å². The number of rotatable bonds is 5. The predicted molar refractivity (Wildman–Crippen MR) is 66.8 cm³/mol. The van der Waals surface area contributed by atoms with E-state index in [4.69, 9.17) is 5.11 Å². The number of phenolic OH excluding ortho intramolecular Hbond substituents is 1. The average molecular weight is 318 g/mol. The van der Waals surface area contributed by atoms with Crippen molar-refractivity contribution in [1.29, 1.82) is 0 Å². The van der Waals surface area contributed by atoms with Crippen molar-refractivity contribution in [2.75, 3.05) is 6.54 Å². The van der Waals surface area contributed by atoms with E-state index in [1.165, 1.54) is 6.07 Å². The highest BCUT2D eigenvalue weighted by Gasteiger charge is 2.49. The van der Waals surface area contributed by atoms with E-state index >= 15 is 0 Å². The molecule has 0 spiro atoms. The zero-order chi connectivity index (χ0) is 13.3. The fourth-order valence-electron chi connectivity index (χ4n) is 1.81. The first-order chi connectivity index (χ1) is 8.44. The smallest absolute Gasteiger partial charge is 0.310 e. The number of hydrogen-bond acceptors (Lipinski definition) is 3. The Morgan fingerprint density at radius 3 is 2.72 bits per heavy atom. The predicted octanol–water partition coefficient (Wildman–Crippen LogP) is 2.25. The minimum atomic E-state index is -0.806. The molecule has 0 amide bonds. The van der Waals surface area contributed by atoms with Gasteiger partial charge in [0, 0.05) is 23.1 Å². The molecule has 6 heteroatoms. The van der Waals surface area contributed by atoms with Gasteiger partial charge in [-0.2, -0.15) is 0 Å². The van der Waals surface area contributed by atoms with Crippen LogP contribution < -0.4 is 5.32 Å². The van der Waals surface area contributed by atoms with E-state index in [1.54, 1.807) is 6.07 Å². The van der Waals surface area contributed by atoms with Crippen LogP contribution in [0.3, 0.4) is 0 Å². The Kier molecular flexibility index (Phi) is 3.59. The second kappa shape index (κ2) is 4.85. The fraction of sp³-hybridized carbons (Fsp3) is 0.417. The summed E-state index contributed by atoms with van der Waals surface area (Å²) >= 11 is 3.14. The van der Waals surface area contributed by atoms with Crippen molar-refractivity contribution in [2.24, 2.45) is 5.41 Å². The van der Waals surface area contributed by atoms with Gasteiger partial charge in [0.2, 0.25) is 0 Å². The summed E-state index contributed by atoms with van der Waals surface area (Å²) < 4.78 is 13.8. The van der Waals surface area contributed by atoms with E-state index in [0.29, 0.717) is 29.4 Å². The average Bonchev–Trinajstić information content (AvgIpc) is 3.06. The molecule has 1 fully saturated rings. The van der Waals surface area contributed by atoms with E-state index in [1.807, 2.05) is 0 Å². The van der Waals surface area contributed by atoms with Crippen LogP contribution in [0.1, 0.15) is 18.4 Å². The molecule has 98 valence electrons. The molecule has 1 saturated carbocycles. The Hall–Kier alpha value is -1.14. The second-order valence-corrected chi connectivity index (χ2v) is 5.50. The van der Waals surface area contributed by atoms with E-state index in [0.717, 1.165) is 0 Å². The Morgan fingerprint density at radius 1 is 1.50 bits per heavy atom. The lowest BCUT2D eigenvalue weighted by Crippen LogP contribution is -2.29. The Balaban J connectivity index is 1.97. The first kappa shape index (κ1) is 13.3. The number of carboxylic acid groups (broad SMARTS) is 1. The molecule has 0 aromatic heterocycles. The molecule has 1 aromatic rings. The first-order valence-corrected chi connectivity index (χ1v) is 6.35. The van der Waals surface area contributed by atoms with Crippen LogP contribution in [0.25, 0.3) is 0 Å². The SMILES string of the molecule is O=C(O)C1(CNCc2cc(Br)cc(F)c2O)CC1. The van der Waals surface area contributed by atoms with E-state index < -0.39 is 23.0 Å². The minimum absolute atomic E-state index is 0.233. The summed E-state index contributed by atoms with van der Waals surface area (Å²) in [6.45, 7) is 0.563. The number of carbonyl (C=O) groups is 1.